The molecule has 1 unspecified atom stereocenters. The summed E-state index contributed by atoms with van der Waals surface area (Å²) in [4.78, 5) is 42.3. The van der Waals surface area contributed by atoms with Gasteiger partial charge in [0, 0.05) is 12.1 Å². The van der Waals surface area contributed by atoms with Crippen molar-refractivity contribution in [2.24, 2.45) is 0 Å². The number of aromatic nitrogens is 1. The molecule has 3 aromatic rings. The van der Waals surface area contributed by atoms with Crippen LogP contribution in [0.25, 0.3) is 10.8 Å². The normalized spacial score (nSPS) is 18.9. The molecular formula is C19H16N4O5S. The molecule has 1 aliphatic rings. The number of nitrogens with one attached hydrogen (secondary N) is 1. The molecule has 1 atom stereocenters. The zero-order chi connectivity index (χ0) is 20.8. The number of carbonyl (C=O) groups is 2. The molecule has 9 nitrogen and oxygen atoms in total. The Hall–Kier alpha value is -3.53. The summed E-state index contributed by atoms with van der Waals surface area (Å²) in [5.41, 5.74) is -0.462. The van der Waals surface area contributed by atoms with Crippen molar-refractivity contribution >= 4 is 29.0 Å². The van der Waals surface area contributed by atoms with E-state index >= 15 is 0 Å². The maximum absolute atomic E-state index is 13.1. The smallest absolute Gasteiger partial charge is 0.325 e. The van der Waals surface area contributed by atoms with Crippen LogP contribution in [0.2, 0.25) is 0 Å². The number of aryl methyl sites for hydroxylation is 1. The number of hydrogen-bond acceptors (Lipinski definition) is 7. The molecule has 29 heavy (non-hydrogen) atoms. The Labute approximate surface area is 169 Å². The third kappa shape index (κ3) is 3.17. The van der Waals surface area contributed by atoms with Crippen LogP contribution >= 0.6 is 11.3 Å². The first-order chi connectivity index (χ1) is 13.8. The van der Waals surface area contributed by atoms with Gasteiger partial charge in [-0.3, -0.25) is 19.8 Å². The lowest BCUT2D eigenvalue weighted by molar-refractivity contribution is -0.384. The molecule has 4 rings (SSSR count). The molecule has 10 heteroatoms. The highest BCUT2D eigenvalue weighted by Gasteiger charge is 2.49. The summed E-state index contributed by atoms with van der Waals surface area (Å²) < 4.78 is 5.68. The van der Waals surface area contributed by atoms with Crippen molar-refractivity contribution in [1.29, 1.82) is 0 Å². The number of oxazole rings is 1. The number of amides is 3. The number of nitro benzene ring substituents is 1. The molecule has 0 aliphatic carbocycles. The fraction of sp³-hybridized carbons (Fsp3) is 0.211. The van der Waals surface area contributed by atoms with Crippen LogP contribution in [0.1, 0.15) is 23.9 Å². The fourth-order valence-corrected chi connectivity index (χ4v) is 3.83. The molecule has 1 N–H and O–H groups in total. The van der Waals surface area contributed by atoms with Crippen LogP contribution in [0, 0.1) is 17.0 Å². The van der Waals surface area contributed by atoms with Crippen molar-refractivity contribution in [3.8, 4) is 10.8 Å². The van der Waals surface area contributed by atoms with Gasteiger partial charge in [-0.25, -0.2) is 9.78 Å². The number of thiophene rings is 1. The predicted octanol–water partition coefficient (Wildman–Crippen LogP) is 3.59. The van der Waals surface area contributed by atoms with Crippen LogP contribution in [-0.4, -0.2) is 26.7 Å². The number of nitro groups is 1. The lowest BCUT2D eigenvalue weighted by Gasteiger charge is -2.22. The molecule has 1 aromatic carbocycles. The van der Waals surface area contributed by atoms with Gasteiger partial charge < -0.3 is 9.73 Å². The van der Waals surface area contributed by atoms with Gasteiger partial charge in [0.15, 0.2) is 0 Å². The second kappa shape index (κ2) is 6.82. The summed E-state index contributed by atoms with van der Waals surface area (Å²) in [6.45, 7) is 3.27. The van der Waals surface area contributed by atoms with Crippen LogP contribution in [0.5, 0.6) is 0 Å². The Morgan fingerprint density at radius 3 is 2.62 bits per heavy atom. The molecule has 148 valence electrons. The minimum atomic E-state index is -1.32. The topological polar surface area (TPSA) is 119 Å². The molecular weight excluding hydrogens is 396 g/mol. The molecule has 3 amide bonds. The summed E-state index contributed by atoms with van der Waals surface area (Å²) in [6.07, 6.45) is 0. The van der Waals surface area contributed by atoms with Crippen molar-refractivity contribution in [3.63, 3.8) is 0 Å². The fourth-order valence-electron chi connectivity index (χ4n) is 3.18. The highest BCUT2D eigenvalue weighted by atomic mass is 32.1. The van der Waals surface area contributed by atoms with Gasteiger partial charge in [0.1, 0.15) is 17.0 Å². The number of imide groups is 1. The molecule has 0 spiro atoms. The zero-order valence-electron chi connectivity index (χ0n) is 15.5. The van der Waals surface area contributed by atoms with Gasteiger partial charge in [0.25, 0.3) is 11.6 Å². The minimum absolute atomic E-state index is 0.0338. The number of nitrogens with zero attached hydrogens (tertiary/aromatic N) is 3. The number of carbonyl (C=O) groups excluding carboxylic acids is 2. The third-order valence-corrected chi connectivity index (χ3v) is 5.72. The van der Waals surface area contributed by atoms with Crippen molar-refractivity contribution in [1.82, 2.24) is 15.2 Å². The second-order valence-corrected chi connectivity index (χ2v) is 7.70. The van der Waals surface area contributed by atoms with E-state index in [4.69, 9.17) is 4.42 Å². The first kappa shape index (κ1) is 18.8. The van der Waals surface area contributed by atoms with Crippen molar-refractivity contribution < 1.29 is 18.9 Å². The average molecular weight is 412 g/mol. The van der Waals surface area contributed by atoms with E-state index in [1.165, 1.54) is 35.6 Å². The summed E-state index contributed by atoms with van der Waals surface area (Å²) in [7, 11) is 0. The van der Waals surface area contributed by atoms with E-state index in [-0.39, 0.29) is 12.2 Å². The molecule has 1 fully saturated rings. The van der Waals surface area contributed by atoms with Crippen molar-refractivity contribution in [2.75, 3.05) is 0 Å². The van der Waals surface area contributed by atoms with Crippen molar-refractivity contribution in [2.45, 2.75) is 25.9 Å². The first-order valence-corrected chi connectivity index (χ1v) is 9.57. The van der Waals surface area contributed by atoms with Crippen molar-refractivity contribution in [3.05, 3.63) is 68.9 Å². The Bertz CT molecular complexity index is 1110. The van der Waals surface area contributed by atoms with E-state index in [0.717, 1.165) is 9.78 Å². The summed E-state index contributed by atoms with van der Waals surface area (Å²) in [6, 6.07) is 8.74. The van der Waals surface area contributed by atoms with E-state index in [2.05, 4.69) is 10.3 Å². The van der Waals surface area contributed by atoms with Crippen LogP contribution in [0.3, 0.4) is 0 Å². The van der Waals surface area contributed by atoms with E-state index in [9.17, 15) is 19.7 Å². The summed E-state index contributed by atoms with van der Waals surface area (Å²) >= 11 is 1.48. The minimum Gasteiger partial charge on any atom is -0.440 e. The highest BCUT2D eigenvalue weighted by Crippen LogP contribution is 2.32. The summed E-state index contributed by atoms with van der Waals surface area (Å²) in [5, 5.41) is 15.4. The van der Waals surface area contributed by atoms with Crippen LogP contribution in [0.15, 0.2) is 46.2 Å². The Kier molecular flexibility index (Phi) is 4.42. The maximum atomic E-state index is 13.1. The zero-order valence-corrected chi connectivity index (χ0v) is 16.4. The van der Waals surface area contributed by atoms with Gasteiger partial charge in [-0.05, 0) is 43.0 Å². The molecule has 1 saturated heterocycles. The monoisotopic (exact) mass is 412 g/mol. The standard InChI is InChI=1S/C19H16N4O5S/c1-11-14(20-16(28-11)15-4-3-9-29-15)10-22-17(24)19(2,21-18(22)25)12-5-7-13(8-6-12)23(26)27/h3-9H,10H2,1-2H3,(H,21,25). The maximum Gasteiger partial charge on any atom is 0.325 e. The van der Waals surface area contributed by atoms with Crippen LogP contribution in [-0.2, 0) is 16.9 Å². The van der Waals surface area contributed by atoms with Crippen LogP contribution in [0.4, 0.5) is 10.5 Å². The average Bonchev–Trinajstić information content (AvgIpc) is 3.39. The molecule has 0 bridgehead atoms. The largest absolute Gasteiger partial charge is 0.440 e. The number of urea groups is 1. The molecule has 2 aromatic heterocycles. The Morgan fingerprint density at radius 1 is 1.28 bits per heavy atom. The third-order valence-electron chi connectivity index (χ3n) is 4.86. The van der Waals surface area contributed by atoms with E-state index in [1.54, 1.807) is 13.8 Å². The number of benzene rings is 1. The molecule has 0 radical (unpaired) electrons. The van der Waals surface area contributed by atoms with E-state index in [0.29, 0.717) is 22.9 Å². The highest BCUT2D eigenvalue weighted by molar-refractivity contribution is 7.13. The summed E-state index contributed by atoms with van der Waals surface area (Å²) in [5.74, 6) is 0.507. The predicted molar refractivity (Wildman–Crippen MR) is 104 cm³/mol. The Balaban J connectivity index is 1.59. The van der Waals surface area contributed by atoms with E-state index < -0.39 is 22.4 Å². The lowest BCUT2D eigenvalue weighted by Crippen LogP contribution is -2.40. The van der Waals surface area contributed by atoms with Gasteiger partial charge in [-0.2, -0.15) is 0 Å². The molecule has 3 heterocycles. The van der Waals surface area contributed by atoms with Gasteiger partial charge in [-0.15, -0.1) is 11.3 Å². The molecule has 1 aliphatic heterocycles. The van der Waals surface area contributed by atoms with Gasteiger partial charge >= 0.3 is 6.03 Å². The SMILES string of the molecule is Cc1oc(-c2cccs2)nc1CN1C(=O)NC(C)(c2ccc([N+](=O)[O-])cc2)C1=O. The quantitative estimate of drug-likeness (QED) is 0.389. The lowest BCUT2D eigenvalue weighted by atomic mass is 9.92. The first-order valence-electron chi connectivity index (χ1n) is 8.69. The molecule has 0 saturated carbocycles. The van der Waals surface area contributed by atoms with E-state index in [1.807, 2.05) is 17.5 Å². The van der Waals surface area contributed by atoms with Gasteiger partial charge in [0.05, 0.1) is 16.3 Å². The number of hydrogen-bond donors (Lipinski definition) is 1. The second-order valence-electron chi connectivity index (χ2n) is 6.75. The van der Waals surface area contributed by atoms with Gasteiger partial charge in [-0.1, -0.05) is 6.07 Å². The number of non-ortho nitro benzene ring substituents is 1. The Morgan fingerprint density at radius 2 is 2.00 bits per heavy atom. The number of rotatable bonds is 5. The van der Waals surface area contributed by atoms with Crippen LogP contribution < -0.4 is 5.32 Å². The van der Waals surface area contributed by atoms with Gasteiger partial charge in [0.2, 0.25) is 5.89 Å².